The van der Waals surface area contributed by atoms with Gasteiger partial charge in [0, 0.05) is 11.4 Å². The minimum absolute atomic E-state index is 0.244. The molecule has 0 aliphatic rings. The van der Waals surface area contributed by atoms with E-state index in [1.165, 1.54) is 7.11 Å². The van der Waals surface area contributed by atoms with E-state index in [-0.39, 0.29) is 12.3 Å². The predicted molar refractivity (Wildman–Crippen MR) is 114 cm³/mol. The summed E-state index contributed by atoms with van der Waals surface area (Å²) in [7, 11) is 1.31. The molecule has 0 saturated carbocycles. The van der Waals surface area contributed by atoms with Crippen LogP contribution in [-0.4, -0.2) is 25.0 Å². The molecule has 3 rings (SSSR count). The lowest BCUT2D eigenvalue weighted by Crippen LogP contribution is -2.45. The van der Waals surface area contributed by atoms with Crippen molar-refractivity contribution in [3.8, 4) is 0 Å². The number of halogens is 1. The summed E-state index contributed by atoms with van der Waals surface area (Å²) in [6.07, 6.45) is 0.244. The third-order valence-electron chi connectivity index (χ3n) is 4.71. The van der Waals surface area contributed by atoms with E-state index in [4.69, 9.17) is 16.3 Å². The number of hydrogen-bond acceptors (Lipinski definition) is 3. The van der Waals surface area contributed by atoms with Crippen molar-refractivity contribution in [3.63, 3.8) is 0 Å². The molecule has 1 amide bonds. The number of carbonyl (C=O) groups is 2. The molecular formula is C24H22ClNO3. The quantitative estimate of drug-likeness (QED) is 0.591. The lowest BCUT2D eigenvalue weighted by atomic mass is 9.90. The van der Waals surface area contributed by atoms with Gasteiger partial charge in [-0.05, 0) is 22.8 Å². The molecule has 5 heteroatoms. The largest absolute Gasteiger partial charge is 0.467 e. The van der Waals surface area contributed by atoms with E-state index in [2.05, 4.69) is 5.32 Å². The van der Waals surface area contributed by atoms with E-state index in [0.29, 0.717) is 5.02 Å². The van der Waals surface area contributed by atoms with Crippen LogP contribution in [0.15, 0.2) is 84.9 Å². The van der Waals surface area contributed by atoms with Crippen LogP contribution in [0.4, 0.5) is 0 Å². The summed E-state index contributed by atoms with van der Waals surface area (Å²) in [5.41, 5.74) is 2.45. The zero-order valence-electron chi connectivity index (χ0n) is 16.0. The van der Waals surface area contributed by atoms with E-state index in [9.17, 15) is 9.59 Å². The Balaban J connectivity index is 1.89. The number of rotatable bonds is 7. The van der Waals surface area contributed by atoms with E-state index < -0.39 is 17.9 Å². The Kier molecular flexibility index (Phi) is 7.04. The van der Waals surface area contributed by atoms with Gasteiger partial charge in [-0.3, -0.25) is 4.79 Å². The van der Waals surface area contributed by atoms with Crippen molar-refractivity contribution in [1.82, 2.24) is 5.32 Å². The number of methoxy groups -OCH3 is 1. The van der Waals surface area contributed by atoms with Crippen LogP contribution in [0.5, 0.6) is 0 Å². The molecule has 3 aromatic rings. The van der Waals surface area contributed by atoms with Crippen molar-refractivity contribution in [1.29, 1.82) is 0 Å². The van der Waals surface area contributed by atoms with Crippen LogP contribution in [0.2, 0.25) is 5.02 Å². The highest BCUT2D eigenvalue weighted by Crippen LogP contribution is 2.25. The number of benzene rings is 3. The number of ether oxygens (including phenoxy) is 1. The first-order valence-corrected chi connectivity index (χ1v) is 9.69. The summed E-state index contributed by atoms with van der Waals surface area (Å²) >= 11 is 6.24. The van der Waals surface area contributed by atoms with Gasteiger partial charge < -0.3 is 10.1 Å². The molecule has 0 aliphatic carbocycles. The first kappa shape index (κ1) is 20.6. The van der Waals surface area contributed by atoms with Crippen LogP contribution >= 0.6 is 11.6 Å². The number of nitrogens with one attached hydrogen (secondary N) is 1. The molecule has 0 bridgehead atoms. The summed E-state index contributed by atoms with van der Waals surface area (Å²) in [4.78, 5) is 25.7. The maximum Gasteiger partial charge on any atom is 0.328 e. The molecule has 148 valence electrons. The maximum absolute atomic E-state index is 13.3. The summed E-state index contributed by atoms with van der Waals surface area (Å²) in [5, 5.41) is 3.41. The van der Waals surface area contributed by atoms with E-state index in [0.717, 1.165) is 16.7 Å². The molecule has 0 saturated heterocycles. The molecule has 0 fully saturated rings. The Morgan fingerprint density at radius 2 is 1.38 bits per heavy atom. The Morgan fingerprint density at radius 3 is 1.90 bits per heavy atom. The monoisotopic (exact) mass is 407 g/mol. The number of amides is 1. The second kappa shape index (κ2) is 9.89. The topological polar surface area (TPSA) is 55.4 Å². The fourth-order valence-electron chi connectivity index (χ4n) is 3.26. The molecule has 0 unspecified atom stereocenters. The predicted octanol–water partition coefficient (Wildman–Crippen LogP) is 4.37. The third kappa shape index (κ3) is 5.24. The highest BCUT2D eigenvalue weighted by atomic mass is 35.5. The minimum atomic E-state index is -0.845. The first-order chi connectivity index (χ1) is 14.1. The van der Waals surface area contributed by atoms with Gasteiger partial charge in [0.15, 0.2) is 0 Å². The third-order valence-corrected chi connectivity index (χ3v) is 5.08. The van der Waals surface area contributed by atoms with Crippen molar-refractivity contribution in [2.45, 2.75) is 18.4 Å². The summed E-state index contributed by atoms with van der Waals surface area (Å²) < 4.78 is 4.92. The van der Waals surface area contributed by atoms with Crippen molar-refractivity contribution < 1.29 is 14.3 Å². The van der Waals surface area contributed by atoms with Crippen molar-refractivity contribution >= 4 is 23.5 Å². The molecule has 0 aromatic heterocycles. The van der Waals surface area contributed by atoms with Crippen LogP contribution in [-0.2, 0) is 20.7 Å². The van der Waals surface area contributed by atoms with Gasteiger partial charge in [-0.15, -0.1) is 0 Å². The minimum Gasteiger partial charge on any atom is -0.467 e. The smallest absolute Gasteiger partial charge is 0.328 e. The van der Waals surface area contributed by atoms with E-state index >= 15 is 0 Å². The fourth-order valence-corrected chi connectivity index (χ4v) is 3.47. The van der Waals surface area contributed by atoms with Crippen LogP contribution in [0, 0.1) is 0 Å². The summed E-state index contributed by atoms with van der Waals surface area (Å²) in [6, 6.07) is 25.4. The Bertz CT molecular complexity index is 921. The van der Waals surface area contributed by atoms with Crippen LogP contribution in [0.1, 0.15) is 22.6 Å². The lowest BCUT2D eigenvalue weighted by Gasteiger charge is -2.22. The van der Waals surface area contributed by atoms with Crippen molar-refractivity contribution in [2.75, 3.05) is 7.11 Å². The van der Waals surface area contributed by atoms with Crippen molar-refractivity contribution in [2.24, 2.45) is 0 Å². The van der Waals surface area contributed by atoms with E-state index in [1.54, 1.807) is 6.07 Å². The zero-order valence-corrected chi connectivity index (χ0v) is 16.8. The molecule has 1 atom stereocenters. The molecule has 0 heterocycles. The average molecular weight is 408 g/mol. The van der Waals surface area contributed by atoms with Crippen LogP contribution in [0.3, 0.4) is 0 Å². The van der Waals surface area contributed by atoms with Gasteiger partial charge in [0.2, 0.25) is 5.91 Å². The molecule has 3 aromatic carbocycles. The standard InChI is InChI=1S/C24H22ClNO3/c1-29-24(28)21(16-19-14-8-9-15-20(19)25)26-23(27)22(17-10-4-2-5-11-17)18-12-6-3-7-13-18/h2-15,21-22H,16H2,1H3,(H,26,27)/t21-/m0/s1. The highest BCUT2D eigenvalue weighted by Gasteiger charge is 2.28. The highest BCUT2D eigenvalue weighted by molar-refractivity contribution is 6.31. The zero-order chi connectivity index (χ0) is 20.6. The SMILES string of the molecule is COC(=O)[C@H](Cc1ccccc1Cl)NC(=O)C(c1ccccc1)c1ccccc1. The summed E-state index contributed by atoms with van der Waals surface area (Å²) in [5.74, 6) is -1.33. The Morgan fingerprint density at radius 1 is 0.862 bits per heavy atom. The second-order valence-electron chi connectivity index (χ2n) is 6.63. The molecule has 29 heavy (non-hydrogen) atoms. The second-order valence-corrected chi connectivity index (χ2v) is 7.04. The van der Waals surface area contributed by atoms with Gasteiger partial charge in [-0.2, -0.15) is 0 Å². The molecular weight excluding hydrogens is 386 g/mol. The maximum atomic E-state index is 13.3. The van der Waals surface area contributed by atoms with Crippen LogP contribution in [0.25, 0.3) is 0 Å². The van der Waals surface area contributed by atoms with Gasteiger partial charge in [0.1, 0.15) is 6.04 Å². The first-order valence-electron chi connectivity index (χ1n) is 9.31. The molecule has 0 aliphatic heterocycles. The van der Waals surface area contributed by atoms with Gasteiger partial charge >= 0.3 is 5.97 Å². The van der Waals surface area contributed by atoms with Gasteiger partial charge in [-0.25, -0.2) is 4.79 Å². The average Bonchev–Trinajstić information content (AvgIpc) is 2.76. The number of carbonyl (C=O) groups excluding carboxylic acids is 2. The number of hydrogen-bond donors (Lipinski definition) is 1. The Hall–Kier alpha value is -3.11. The molecule has 0 radical (unpaired) electrons. The lowest BCUT2D eigenvalue weighted by molar-refractivity contribution is -0.145. The summed E-state index contributed by atoms with van der Waals surface area (Å²) in [6.45, 7) is 0. The molecule has 4 nitrogen and oxygen atoms in total. The van der Waals surface area contributed by atoms with Gasteiger partial charge in [0.05, 0.1) is 13.0 Å². The molecule has 0 spiro atoms. The van der Waals surface area contributed by atoms with Gasteiger partial charge in [-0.1, -0.05) is 90.5 Å². The Labute approximate surface area is 175 Å². The van der Waals surface area contributed by atoms with Crippen LogP contribution < -0.4 is 5.32 Å². The normalized spacial score (nSPS) is 11.7. The van der Waals surface area contributed by atoms with Crippen molar-refractivity contribution in [3.05, 3.63) is 107 Å². The fraction of sp³-hybridized carbons (Fsp3) is 0.167. The van der Waals surface area contributed by atoms with E-state index in [1.807, 2.05) is 78.9 Å². The molecule has 1 N–H and O–H groups in total. The van der Waals surface area contributed by atoms with Gasteiger partial charge in [0.25, 0.3) is 0 Å². The number of esters is 1.